The minimum atomic E-state index is 0.0868. The van der Waals surface area contributed by atoms with Gasteiger partial charge in [-0.25, -0.2) is 4.58 Å². The maximum Gasteiger partial charge on any atom is 0.224 e. The van der Waals surface area contributed by atoms with Gasteiger partial charge in [-0.1, -0.05) is 6.92 Å². The predicted octanol–water partition coefficient (Wildman–Crippen LogP) is 1.44. The number of aromatic nitrogens is 1. The van der Waals surface area contributed by atoms with Gasteiger partial charge in [-0.3, -0.25) is 9.79 Å². The highest BCUT2D eigenvalue weighted by Crippen LogP contribution is 2.26. The van der Waals surface area contributed by atoms with Crippen LogP contribution in [0.4, 0.5) is 0 Å². The molecule has 1 aromatic rings. The SMILES string of the molecule is CCCN=C1CC2=[N+](C)CCc3c[nH]c(c32)C1=O. The number of hydrogen-bond acceptors (Lipinski definition) is 2. The number of Topliss-reactive ketones (excluding diaryl/α,β-unsaturated/α-hetero) is 1. The van der Waals surface area contributed by atoms with Crippen LogP contribution in [0, 0.1) is 0 Å². The maximum atomic E-state index is 12.3. The summed E-state index contributed by atoms with van der Waals surface area (Å²) in [4.78, 5) is 19.9. The molecule has 0 saturated carbocycles. The van der Waals surface area contributed by atoms with E-state index >= 15 is 0 Å². The van der Waals surface area contributed by atoms with E-state index in [1.54, 1.807) is 0 Å². The van der Waals surface area contributed by atoms with Gasteiger partial charge < -0.3 is 4.98 Å². The molecule has 0 spiro atoms. The third kappa shape index (κ3) is 1.55. The van der Waals surface area contributed by atoms with Crippen molar-refractivity contribution < 1.29 is 9.37 Å². The molecular formula is C14H18N3O+. The lowest BCUT2D eigenvalue weighted by Gasteiger charge is -2.19. The average Bonchev–Trinajstić information content (AvgIpc) is 2.80. The first-order valence-electron chi connectivity index (χ1n) is 6.58. The molecule has 0 radical (unpaired) electrons. The van der Waals surface area contributed by atoms with Gasteiger partial charge in [-0.05, 0) is 12.0 Å². The molecule has 2 aliphatic rings. The van der Waals surface area contributed by atoms with E-state index in [2.05, 4.69) is 28.5 Å². The number of ketones is 1. The van der Waals surface area contributed by atoms with Crippen LogP contribution in [-0.4, -0.2) is 46.9 Å². The van der Waals surface area contributed by atoms with E-state index in [4.69, 9.17) is 0 Å². The van der Waals surface area contributed by atoms with Crippen LogP contribution in [0.3, 0.4) is 0 Å². The van der Waals surface area contributed by atoms with Crippen molar-refractivity contribution in [2.75, 3.05) is 20.1 Å². The summed E-state index contributed by atoms with van der Waals surface area (Å²) in [5, 5.41) is 0. The Labute approximate surface area is 106 Å². The summed E-state index contributed by atoms with van der Waals surface area (Å²) in [6, 6.07) is 0. The second-order valence-corrected chi connectivity index (χ2v) is 5.02. The van der Waals surface area contributed by atoms with Gasteiger partial charge in [0.1, 0.15) is 19.3 Å². The molecule has 3 rings (SSSR count). The quantitative estimate of drug-likeness (QED) is 0.786. The lowest BCUT2D eigenvalue weighted by molar-refractivity contribution is -0.498. The number of carbonyl (C=O) groups excluding carboxylic acids is 1. The number of hydrogen-bond donors (Lipinski definition) is 1. The molecule has 1 aromatic heterocycles. The summed E-state index contributed by atoms with van der Waals surface area (Å²) >= 11 is 0. The standard InChI is InChI=1S/C14H17N3O/c1-3-5-15-10-7-11-12-9(4-6-17(11)2)8-16-13(12)14(10)18/h8H,3-7H2,1-2H3/p+1. The molecule has 1 N–H and O–H groups in total. The topological polar surface area (TPSA) is 48.2 Å². The number of aliphatic imine (C=N–C) groups is 1. The van der Waals surface area contributed by atoms with Crippen molar-refractivity contribution in [2.45, 2.75) is 26.2 Å². The fraction of sp³-hybridized carbons (Fsp3) is 0.500. The van der Waals surface area contributed by atoms with Crippen molar-refractivity contribution in [3.63, 3.8) is 0 Å². The van der Waals surface area contributed by atoms with E-state index in [1.165, 1.54) is 11.3 Å². The Morgan fingerprint density at radius 1 is 1.50 bits per heavy atom. The van der Waals surface area contributed by atoms with E-state index in [9.17, 15) is 4.79 Å². The second-order valence-electron chi connectivity index (χ2n) is 5.02. The second kappa shape index (κ2) is 4.19. The number of likely N-dealkylation sites (N-methyl/N-ethyl adjacent to an activating group) is 1. The number of aromatic amines is 1. The smallest absolute Gasteiger partial charge is 0.224 e. The largest absolute Gasteiger partial charge is 0.357 e. The van der Waals surface area contributed by atoms with E-state index in [1.807, 2.05) is 6.20 Å². The summed E-state index contributed by atoms with van der Waals surface area (Å²) < 4.78 is 2.26. The number of nitrogens with zero attached hydrogens (tertiary/aromatic N) is 2. The fourth-order valence-electron chi connectivity index (χ4n) is 2.77. The van der Waals surface area contributed by atoms with Crippen LogP contribution in [0.2, 0.25) is 0 Å². The third-order valence-electron chi connectivity index (χ3n) is 3.78. The molecule has 0 saturated heterocycles. The number of rotatable bonds is 2. The molecule has 18 heavy (non-hydrogen) atoms. The zero-order chi connectivity index (χ0) is 12.7. The van der Waals surface area contributed by atoms with E-state index in [-0.39, 0.29) is 5.78 Å². The first kappa shape index (κ1) is 11.4. The highest BCUT2D eigenvalue weighted by Gasteiger charge is 2.37. The van der Waals surface area contributed by atoms with Crippen LogP contribution in [0.15, 0.2) is 11.2 Å². The van der Waals surface area contributed by atoms with Crippen LogP contribution >= 0.6 is 0 Å². The van der Waals surface area contributed by atoms with Crippen LogP contribution in [-0.2, 0) is 6.42 Å². The molecule has 0 aromatic carbocycles. The Bertz CT molecular complexity index is 578. The molecule has 4 nitrogen and oxygen atoms in total. The highest BCUT2D eigenvalue weighted by molar-refractivity contribution is 6.52. The van der Waals surface area contributed by atoms with Gasteiger partial charge in [0.05, 0.1) is 17.7 Å². The van der Waals surface area contributed by atoms with E-state index < -0.39 is 0 Å². The summed E-state index contributed by atoms with van der Waals surface area (Å²) in [7, 11) is 2.10. The molecule has 0 atom stereocenters. The van der Waals surface area contributed by atoms with Crippen molar-refractivity contribution in [3.8, 4) is 0 Å². The molecule has 1 aliphatic carbocycles. The van der Waals surface area contributed by atoms with Gasteiger partial charge in [0.15, 0.2) is 5.71 Å². The first-order chi connectivity index (χ1) is 8.72. The normalized spacial score (nSPS) is 20.6. The lowest BCUT2D eigenvalue weighted by atomic mass is 9.87. The monoisotopic (exact) mass is 244 g/mol. The molecule has 0 amide bonds. The molecular weight excluding hydrogens is 226 g/mol. The Morgan fingerprint density at radius 3 is 3.11 bits per heavy atom. The van der Waals surface area contributed by atoms with Crippen molar-refractivity contribution in [1.29, 1.82) is 0 Å². The van der Waals surface area contributed by atoms with Gasteiger partial charge in [0.25, 0.3) is 0 Å². The molecule has 1 aliphatic heterocycles. The molecule has 0 bridgehead atoms. The van der Waals surface area contributed by atoms with Gasteiger partial charge >= 0.3 is 0 Å². The zero-order valence-electron chi connectivity index (χ0n) is 10.9. The third-order valence-corrected chi connectivity index (χ3v) is 3.78. The zero-order valence-corrected chi connectivity index (χ0v) is 10.9. The van der Waals surface area contributed by atoms with E-state index in [0.29, 0.717) is 12.1 Å². The van der Waals surface area contributed by atoms with Crippen LogP contribution in [0.25, 0.3) is 0 Å². The molecule has 0 fully saturated rings. The summed E-state index contributed by atoms with van der Waals surface area (Å²) in [6.45, 7) is 3.84. The number of carbonyl (C=O) groups is 1. The van der Waals surface area contributed by atoms with Crippen molar-refractivity contribution >= 4 is 17.2 Å². The van der Waals surface area contributed by atoms with E-state index in [0.717, 1.165) is 37.2 Å². The lowest BCUT2D eigenvalue weighted by Crippen LogP contribution is -2.36. The highest BCUT2D eigenvalue weighted by atomic mass is 16.1. The molecule has 0 unspecified atom stereocenters. The molecule has 4 heteroatoms. The van der Waals surface area contributed by atoms with Crippen molar-refractivity contribution in [2.24, 2.45) is 4.99 Å². The van der Waals surface area contributed by atoms with Gasteiger partial charge in [0.2, 0.25) is 5.78 Å². The van der Waals surface area contributed by atoms with Crippen LogP contribution < -0.4 is 0 Å². The predicted molar refractivity (Wildman–Crippen MR) is 71.2 cm³/mol. The van der Waals surface area contributed by atoms with Gasteiger partial charge in [-0.2, -0.15) is 0 Å². The molecule has 2 heterocycles. The number of nitrogens with one attached hydrogen (secondary N) is 1. The molecule has 94 valence electrons. The Morgan fingerprint density at radius 2 is 2.33 bits per heavy atom. The number of H-pyrrole nitrogens is 1. The first-order valence-corrected chi connectivity index (χ1v) is 6.58. The van der Waals surface area contributed by atoms with Crippen molar-refractivity contribution in [3.05, 3.63) is 23.0 Å². The fourth-order valence-corrected chi connectivity index (χ4v) is 2.77. The maximum absolute atomic E-state index is 12.3. The Balaban J connectivity index is 2.13. The average molecular weight is 244 g/mol. The Kier molecular flexibility index (Phi) is 2.65. The van der Waals surface area contributed by atoms with Crippen LogP contribution in [0.1, 0.15) is 41.4 Å². The van der Waals surface area contributed by atoms with Crippen molar-refractivity contribution in [1.82, 2.24) is 4.98 Å². The van der Waals surface area contributed by atoms with Gasteiger partial charge in [0, 0.05) is 19.2 Å². The van der Waals surface area contributed by atoms with Gasteiger partial charge in [-0.15, -0.1) is 0 Å². The Hall–Kier alpha value is -1.71. The summed E-state index contributed by atoms with van der Waals surface area (Å²) in [6.07, 6.45) is 4.66. The summed E-state index contributed by atoms with van der Waals surface area (Å²) in [5.74, 6) is 0.0868. The minimum Gasteiger partial charge on any atom is -0.357 e. The van der Waals surface area contributed by atoms with Crippen LogP contribution in [0.5, 0.6) is 0 Å². The summed E-state index contributed by atoms with van der Waals surface area (Å²) in [5.41, 5.74) is 5.13. The minimum absolute atomic E-state index is 0.0868.